The molecule has 2 aliphatic rings. The fraction of sp³-hybridized carbons (Fsp3) is 0.444. The summed E-state index contributed by atoms with van der Waals surface area (Å²) in [5, 5.41) is 1.23. The van der Waals surface area contributed by atoms with E-state index in [9.17, 15) is 13.2 Å². The first-order valence-electron chi connectivity index (χ1n) is 16.0. The lowest BCUT2D eigenvalue weighted by molar-refractivity contribution is -0.130. The average Bonchev–Trinajstić information content (AvgIpc) is 3.41. The van der Waals surface area contributed by atoms with Crippen molar-refractivity contribution in [3.8, 4) is 5.75 Å². The minimum Gasteiger partial charge on any atom is -0.493 e. The van der Waals surface area contributed by atoms with E-state index in [1.807, 2.05) is 66.4 Å². The maximum absolute atomic E-state index is 14.6. The van der Waals surface area contributed by atoms with Gasteiger partial charge in [-0.3, -0.25) is 24.5 Å². The number of ether oxygens (including phenoxy) is 1. The molecule has 11 heteroatoms. The van der Waals surface area contributed by atoms with Gasteiger partial charge in [0.15, 0.2) is 0 Å². The number of halogens is 2. The van der Waals surface area contributed by atoms with Gasteiger partial charge in [-0.25, -0.2) is 8.42 Å². The molecule has 0 spiro atoms. The summed E-state index contributed by atoms with van der Waals surface area (Å²) in [5.74, 6) is 1.30. The number of hydrogen-bond donors (Lipinski definition) is 0. The highest BCUT2D eigenvalue weighted by Crippen LogP contribution is 2.45. The third kappa shape index (κ3) is 8.75. The van der Waals surface area contributed by atoms with Gasteiger partial charge in [0.2, 0.25) is 5.91 Å². The second-order valence-electron chi connectivity index (χ2n) is 13.4. The number of carbonyl (C=O) groups excluding carboxylic acids is 1. The van der Waals surface area contributed by atoms with Gasteiger partial charge >= 0.3 is 0 Å². The highest BCUT2D eigenvalue weighted by molar-refractivity contribution is 7.90. The van der Waals surface area contributed by atoms with Crippen LogP contribution < -0.4 is 4.74 Å². The molecule has 3 aromatic rings. The minimum atomic E-state index is -3.04. The zero-order valence-corrected chi connectivity index (χ0v) is 30.1. The smallest absolute Gasteiger partial charge is 0.242 e. The Balaban J connectivity index is 1.55. The quantitative estimate of drug-likeness (QED) is 0.243. The lowest BCUT2D eigenvalue weighted by atomic mass is 9.86. The fourth-order valence-corrected chi connectivity index (χ4v) is 6.94. The van der Waals surface area contributed by atoms with E-state index in [1.54, 1.807) is 0 Å². The van der Waals surface area contributed by atoms with Crippen molar-refractivity contribution in [3.63, 3.8) is 0 Å². The summed E-state index contributed by atoms with van der Waals surface area (Å²) in [6.45, 7) is 12.3. The molecule has 0 saturated carbocycles. The molecule has 47 heavy (non-hydrogen) atoms. The topological polar surface area (TPSA) is 82.5 Å². The minimum absolute atomic E-state index is 0.0768. The number of aliphatic imine (C=N–C) groups is 1. The molecule has 1 fully saturated rings. The summed E-state index contributed by atoms with van der Waals surface area (Å²) in [7, 11) is -3.04. The van der Waals surface area contributed by atoms with Gasteiger partial charge in [0, 0.05) is 49.0 Å². The van der Waals surface area contributed by atoms with Crippen molar-refractivity contribution in [2.45, 2.75) is 45.2 Å². The van der Waals surface area contributed by atoms with E-state index in [1.165, 1.54) is 6.26 Å². The van der Waals surface area contributed by atoms with E-state index in [0.29, 0.717) is 61.0 Å². The van der Waals surface area contributed by atoms with Crippen molar-refractivity contribution in [2.75, 3.05) is 57.9 Å². The summed E-state index contributed by atoms with van der Waals surface area (Å²) >= 11 is 12.6. The van der Waals surface area contributed by atoms with Crippen LogP contribution in [-0.2, 0) is 20.0 Å². The lowest BCUT2D eigenvalue weighted by Gasteiger charge is -2.36. The normalized spacial score (nSPS) is 19.6. The van der Waals surface area contributed by atoms with Crippen LogP contribution in [0.4, 0.5) is 0 Å². The summed E-state index contributed by atoms with van der Waals surface area (Å²) in [6.07, 6.45) is 1.26. The first-order chi connectivity index (χ1) is 22.2. The molecular weight excluding hydrogens is 655 g/mol. The van der Waals surface area contributed by atoms with Gasteiger partial charge in [-0.1, -0.05) is 74.3 Å². The molecule has 8 nitrogen and oxygen atoms in total. The van der Waals surface area contributed by atoms with E-state index in [-0.39, 0.29) is 23.6 Å². The molecule has 0 bridgehead atoms. The molecule has 0 N–H and O–H groups in total. The van der Waals surface area contributed by atoms with Crippen LogP contribution in [0.25, 0.3) is 0 Å². The van der Waals surface area contributed by atoms with Gasteiger partial charge in [0.1, 0.15) is 27.5 Å². The van der Waals surface area contributed by atoms with Crippen LogP contribution in [-0.4, -0.2) is 92.7 Å². The molecule has 0 radical (unpaired) electrons. The molecule has 0 unspecified atom stereocenters. The Morgan fingerprint density at radius 2 is 1.47 bits per heavy atom. The van der Waals surface area contributed by atoms with E-state index in [0.717, 1.165) is 22.3 Å². The van der Waals surface area contributed by atoms with E-state index >= 15 is 0 Å². The van der Waals surface area contributed by atoms with Crippen LogP contribution in [0.1, 0.15) is 62.0 Å². The number of benzene rings is 3. The van der Waals surface area contributed by atoms with Crippen LogP contribution in [0.3, 0.4) is 0 Å². The molecule has 252 valence electrons. The molecule has 2 atom stereocenters. The standard InChI is InChI=1S/C36H44Cl2N4O4S/c1-6-46-31-23-27(36(2,3)4)11-16-30(31)35-39-33(25-7-12-28(37)13-8-25)34(26-9-14-29(38)15-10-26)42(35)32(43)24-41-19-17-40(18-20-41)21-22-47(5,44)45/h7-16,23,33-34H,6,17-22,24H2,1-5H3/t33-,34+/m0/s1. The second kappa shape index (κ2) is 14.7. The summed E-state index contributed by atoms with van der Waals surface area (Å²) in [5.41, 5.74) is 3.63. The molecule has 0 aromatic heterocycles. The Kier molecular flexibility index (Phi) is 11.0. The molecule has 5 rings (SSSR count). The largest absolute Gasteiger partial charge is 0.493 e. The zero-order chi connectivity index (χ0) is 33.9. The number of amides is 1. The van der Waals surface area contributed by atoms with Crippen LogP contribution in [0.5, 0.6) is 5.75 Å². The highest BCUT2D eigenvalue weighted by Gasteiger charge is 2.43. The van der Waals surface area contributed by atoms with Gasteiger partial charge in [-0.05, 0) is 65.4 Å². The average molecular weight is 700 g/mol. The number of carbonyl (C=O) groups is 1. The van der Waals surface area contributed by atoms with E-state index in [4.69, 9.17) is 32.9 Å². The number of hydrogen-bond acceptors (Lipinski definition) is 7. The van der Waals surface area contributed by atoms with E-state index in [2.05, 4.69) is 42.7 Å². The van der Waals surface area contributed by atoms with Crippen molar-refractivity contribution < 1.29 is 17.9 Å². The number of sulfone groups is 1. The Labute approximate surface area is 289 Å². The van der Waals surface area contributed by atoms with Crippen LogP contribution >= 0.6 is 23.2 Å². The lowest BCUT2D eigenvalue weighted by Crippen LogP contribution is -2.51. The van der Waals surface area contributed by atoms with Gasteiger partial charge < -0.3 is 4.74 Å². The highest BCUT2D eigenvalue weighted by atomic mass is 35.5. The first-order valence-corrected chi connectivity index (χ1v) is 18.9. The SMILES string of the molecule is CCOc1cc(C(C)(C)C)ccc1C1=N[C@@H](c2ccc(Cl)cc2)[C@@H](c2ccc(Cl)cc2)N1C(=O)CN1CCN(CCS(C)(=O)=O)CC1. The van der Waals surface area contributed by atoms with Crippen LogP contribution in [0.15, 0.2) is 71.7 Å². The monoisotopic (exact) mass is 698 g/mol. The van der Waals surface area contributed by atoms with Crippen molar-refractivity contribution in [1.82, 2.24) is 14.7 Å². The van der Waals surface area contributed by atoms with E-state index < -0.39 is 21.9 Å². The number of rotatable bonds is 10. The predicted octanol–water partition coefficient (Wildman–Crippen LogP) is 6.42. The first kappa shape index (κ1) is 35.4. The fourth-order valence-electron chi connectivity index (χ4n) is 6.10. The van der Waals surface area contributed by atoms with Crippen molar-refractivity contribution in [3.05, 3.63) is 99.0 Å². The molecule has 1 saturated heterocycles. The molecule has 3 aromatic carbocycles. The number of piperazine rings is 1. The molecule has 1 amide bonds. The Bertz CT molecular complexity index is 1700. The van der Waals surface area contributed by atoms with Gasteiger partial charge in [-0.15, -0.1) is 0 Å². The predicted molar refractivity (Wildman–Crippen MR) is 191 cm³/mol. The van der Waals surface area contributed by atoms with Crippen LogP contribution in [0, 0.1) is 0 Å². The molecule has 2 heterocycles. The zero-order valence-electron chi connectivity index (χ0n) is 27.7. The molecular formula is C36H44Cl2N4O4S. The van der Waals surface area contributed by atoms with Gasteiger partial charge in [-0.2, -0.15) is 0 Å². The third-order valence-electron chi connectivity index (χ3n) is 8.75. The Morgan fingerprint density at radius 1 is 0.894 bits per heavy atom. The number of amidine groups is 1. The van der Waals surface area contributed by atoms with Crippen molar-refractivity contribution >= 4 is 44.8 Å². The number of nitrogens with zero attached hydrogens (tertiary/aromatic N) is 4. The maximum atomic E-state index is 14.6. The van der Waals surface area contributed by atoms with Crippen molar-refractivity contribution in [2.24, 2.45) is 4.99 Å². The second-order valence-corrected chi connectivity index (χ2v) is 16.5. The van der Waals surface area contributed by atoms with Gasteiger partial charge in [0.25, 0.3) is 0 Å². The van der Waals surface area contributed by atoms with Crippen molar-refractivity contribution in [1.29, 1.82) is 0 Å². The third-order valence-corrected chi connectivity index (χ3v) is 10.2. The summed E-state index contributed by atoms with van der Waals surface area (Å²) in [6, 6.07) is 20.6. The van der Waals surface area contributed by atoms with Crippen LogP contribution in [0.2, 0.25) is 10.0 Å². The maximum Gasteiger partial charge on any atom is 0.242 e. The Morgan fingerprint density at radius 3 is 2.02 bits per heavy atom. The summed E-state index contributed by atoms with van der Waals surface area (Å²) in [4.78, 5) is 26.1. The molecule has 0 aliphatic carbocycles. The summed E-state index contributed by atoms with van der Waals surface area (Å²) < 4.78 is 29.6. The Hall–Kier alpha value is -2.95. The van der Waals surface area contributed by atoms with Gasteiger partial charge in [0.05, 0.1) is 30.5 Å². The molecule has 2 aliphatic heterocycles.